The Balaban J connectivity index is 1.97. The van der Waals surface area contributed by atoms with E-state index >= 15 is 0 Å². The van der Waals surface area contributed by atoms with Crippen molar-refractivity contribution in [3.8, 4) is 0 Å². The van der Waals surface area contributed by atoms with Crippen molar-refractivity contribution in [1.29, 1.82) is 0 Å². The highest BCUT2D eigenvalue weighted by Crippen LogP contribution is 2.19. The number of nitrogens with zero attached hydrogens (tertiary/aromatic N) is 1. The van der Waals surface area contributed by atoms with Gasteiger partial charge < -0.3 is 10.2 Å². The molecule has 1 unspecified atom stereocenters. The van der Waals surface area contributed by atoms with Gasteiger partial charge in [-0.3, -0.25) is 9.59 Å². The monoisotopic (exact) mass is 476 g/mol. The van der Waals surface area contributed by atoms with Gasteiger partial charge in [0.05, 0.1) is 6.42 Å². The molecular weight excluding hydrogens is 444 g/mol. The van der Waals surface area contributed by atoms with E-state index in [2.05, 4.69) is 19.2 Å². The van der Waals surface area contributed by atoms with Gasteiger partial charge in [0.25, 0.3) is 0 Å². The fourth-order valence-corrected chi connectivity index (χ4v) is 4.09. The van der Waals surface area contributed by atoms with E-state index in [0.29, 0.717) is 30.5 Å². The van der Waals surface area contributed by atoms with Crippen LogP contribution in [0, 0.1) is 12.8 Å². The number of hydrogen-bond acceptors (Lipinski definition) is 2. The minimum Gasteiger partial charge on any atom is -0.354 e. The van der Waals surface area contributed by atoms with Crippen molar-refractivity contribution in [3.05, 3.63) is 106 Å². The maximum Gasteiger partial charge on any atom is 0.243 e. The Labute approximate surface area is 207 Å². The van der Waals surface area contributed by atoms with Crippen molar-refractivity contribution in [2.24, 2.45) is 5.92 Å². The van der Waals surface area contributed by atoms with Crippen LogP contribution in [0.25, 0.3) is 0 Å². The van der Waals surface area contributed by atoms with Crippen molar-refractivity contribution in [2.45, 2.75) is 46.2 Å². The summed E-state index contributed by atoms with van der Waals surface area (Å²) < 4.78 is 0. The number of nitrogens with one attached hydrogen (secondary N) is 1. The van der Waals surface area contributed by atoms with Crippen LogP contribution in [0.5, 0.6) is 0 Å². The molecule has 0 saturated carbocycles. The van der Waals surface area contributed by atoms with Gasteiger partial charge in [0.2, 0.25) is 11.8 Å². The van der Waals surface area contributed by atoms with Crippen LogP contribution in [0.3, 0.4) is 0 Å². The van der Waals surface area contributed by atoms with Crippen LogP contribution in [0.2, 0.25) is 5.02 Å². The van der Waals surface area contributed by atoms with E-state index in [1.54, 1.807) is 11.0 Å². The summed E-state index contributed by atoms with van der Waals surface area (Å²) in [6.45, 7) is 6.97. The molecule has 0 radical (unpaired) electrons. The molecule has 0 aromatic heterocycles. The Morgan fingerprint density at radius 1 is 0.912 bits per heavy atom. The molecule has 1 N–H and O–H groups in total. The summed E-state index contributed by atoms with van der Waals surface area (Å²) in [5, 5.41) is 3.66. The second-order valence-electron chi connectivity index (χ2n) is 9.10. The Bertz CT molecular complexity index is 1100. The van der Waals surface area contributed by atoms with Crippen LogP contribution in [-0.2, 0) is 29.0 Å². The number of halogens is 1. The molecule has 0 aliphatic rings. The SMILES string of the molecule is Cc1ccccc1CC(=O)N(Cc1cccc(Cl)c1)C(Cc1ccccc1)C(=O)NCC(C)C. The third-order valence-corrected chi connectivity index (χ3v) is 6.04. The fourth-order valence-electron chi connectivity index (χ4n) is 3.88. The van der Waals surface area contributed by atoms with Gasteiger partial charge in [0.15, 0.2) is 0 Å². The summed E-state index contributed by atoms with van der Waals surface area (Å²) in [4.78, 5) is 28.9. The minimum absolute atomic E-state index is 0.0881. The van der Waals surface area contributed by atoms with Gasteiger partial charge >= 0.3 is 0 Å². The lowest BCUT2D eigenvalue weighted by Gasteiger charge is -2.32. The number of aryl methyl sites for hydroxylation is 1. The molecule has 0 fully saturated rings. The van der Waals surface area contributed by atoms with Crippen LogP contribution >= 0.6 is 11.6 Å². The lowest BCUT2D eigenvalue weighted by atomic mass is 10.00. The first-order chi connectivity index (χ1) is 16.3. The van der Waals surface area contributed by atoms with Gasteiger partial charge in [0.1, 0.15) is 6.04 Å². The standard InChI is InChI=1S/C29H33ClN2O2/c1-21(2)19-31-29(34)27(17-23-11-5-4-6-12-23)32(20-24-13-9-15-26(30)16-24)28(33)18-25-14-8-7-10-22(25)3/h4-16,21,27H,17-20H2,1-3H3,(H,31,34). The summed E-state index contributed by atoms with van der Waals surface area (Å²) in [7, 11) is 0. The topological polar surface area (TPSA) is 49.4 Å². The number of rotatable bonds is 10. The normalized spacial score (nSPS) is 11.8. The predicted octanol–water partition coefficient (Wildman–Crippen LogP) is 5.60. The molecule has 34 heavy (non-hydrogen) atoms. The first kappa shape index (κ1) is 25.5. The lowest BCUT2D eigenvalue weighted by Crippen LogP contribution is -2.51. The molecule has 5 heteroatoms. The average molecular weight is 477 g/mol. The number of amides is 2. The number of hydrogen-bond donors (Lipinski definition) is 1. The molecule has 3 aromatic carbocycles. The lowest BCUT2D eigenvalue weighted by molar-refractivity contribution is -0.140. The Hall–Kier alpha value is -3.11. The van der Waals surface area contributed by atoms with Crippen molar-refractivity contribution in [3.63, 3.8) is 0 Å². The van der Waals surface area contributed by atoms with Gasteiger partial charge in [-0.15, -0.1) is 0 Å². The van der Waals surface area contributed by atoms with Gasteiger partial charge in [-0.2, -0.15) is 0 Å². The second kappa shape index (κ2) is 12.4. The fraction of sp³-hybridized carbons (Fsp3) is 0.310. The van der Waals surface area contributed by atoms with E-state index in [-0.39, 0.29) is 18.2 Å². The molecule has 2 amide bonds. The van der Waals surface area contributed by atoms with E-state index < -0.39 is 6.04 Å². The summed E-state index contributed by atoms with van der Waals surface area (Å²) >= 11 is 6.23. The average Bonchev–Trinajstić information content (AvgIpc) is 2.82. The zero-order chi connectivity index (χ0) is 24.5. The number of carbonyl (C=O) groups excluding carboxylic acids is 2. The molecule has 0 saturated heterocycles. The smallest absolute Gasteiger partial charge is 0.243 e. The van der Waals surface area contributed by atoms with Crippen molar-refractivity contribution >= 4 is 23.4 Å². The van der Waals surface area contributed by atoms with Crippen molar-refractivity contribution in [2.75, 3.05) is 6.54 Å². The first-order valence-electron chi connectivity index (χ1n) is 11.7. The van der Waals surface area contributed by atoms with Gasteiger partial charge in [-0.1, -0.05) is 92.2 Å². The van der Waals surface area contributed by atoms with Crippen molar-refractivity contribution < 1.29 is 9.59 Å². The molecular formula is C29H33ClN2O2. The maximum atomic E-state index is 13.7. The largest absolute Gasteiger partial charge is 0.354 e. The van der Waals surface area contributed by atoms with E-state index in [0.717, 1.165) is 22.3 Å². The highest BCUT2D eigenvalue weighted by atomic mass is 35.5. The molecule has 0 aliphatic heterocycles. The van der Waals surface area contributed by atoms with E-state index in [1.165, 1.54) is 0 Å². The van der Waals surface area contributed by atoms with E-state index in [9.17, 15) is 9.59 Å². The summed E-state index contributed by atoms with van der Waals surface area (Å²) in [6, 6.07) is 24.5. The molecule has 0 spiro atoms. The maximum absolute atomic E-state index is 13.7. The highest BCUT2D eigenvalue weighted by Gasteiger charge is 2.30. The van der Waals surface area contributed by atoms with Crippen molar-refractivity contribution in [1.82, 2.24) is 10.2 Å². The molecule has 4 nitrogen and oxygen atoms in total. The third kappa shape index (κ3) is 7.46. The van der Waals surface area contributed by atoms with Gasteiger partial charge in [-0.05, 0) is 47.2 Å². The Kier molecular flexibility index (Phi) is 9.29. The molecule has 1 atom stereocenters. The Morgan fingerprint density at radius 2 is 1.59 bits per heavy atom. The molecule has 3 aromatic rings. The van der Waals surface area contributed by atoms with E-state index in [4.69, 9.17) is 11.6 Å². The quantitative estimate of drug-likeness (QED) is 0.414. The van der Waals surface area contributed by atoms with Crippen LogP contribution in [0.15, 0.2) is 78.9 Å². The second-order valence-corrected chi connectivity index (χ2v) is 9.54. The molecule has 0 bridgehead atoms. The summed E-state index contributed by atoms with van der Waals surface area (Å²) in [5.41, 5.74) is 3.92. The Morgan fingerprint density at radius 3 is 2.26 bits per heavy atom. The summed E-state index contributed by atoms with van der Waals surface area (Å²) in [6.07, 6.45) is 0.667. The van der Waals surface area contributed by atoms with Crippen LogP contribution in [0.1, 0.15) is 36.1 Å². The van der Waals surface area contributed by atoms with Gasteiger partial charge in [-0.25, -0.2) is 0 Å². The zero-order valence-corrected chi connectivity index (χ0v) is 20.9. The van der Waals surface area contributed by atoms with Crippen LogP contribution < -0.4 is 5.32 Å². The first-order valence-corrected chi connectivity index (χ1v) is 12.1. The molecule has 178 valence electrons. The van der Waals surface area contributed by atoms with Gasteiger partial charge in [0, 0.05) is 24.5 Å². The van der Waals surface area contributed by atoms with Crippen LogP contribution in [0.4, 0.5) is 0 Å². The highest BCUT2D eigenvalue weighted by molar-refractivity contribution is 6.30. The number of benzene rings is 3. The number of carbonyl (C=O) groups is 2. The zero-order valence-electron chi connectivity index (χ0n) is 20.1. The molecule has 3 rings (SSSR count). The van der Waals surface area contributed by atoms with Crippen LogP contribution in [-0.4, -0.2) is 29.3 Å². The third-order valence-electron chi connectivity index (χ3n) is 5.80. The molecule has 0 aliphatic carbocycles. The predicted molar refractivity (Wildman–Crippen MR) is 139 cm³/mol. The van der Waals surface area contributed by atoms with E-state index in [1.807, 2.05) is 79.7 Å². The molecule has 0 heterocycles. The minimum atomic E-state index is -0.642. The summed E-state index contributed by atoms with van der Waals surface area (Å²) in [5.74, 6) is 0.0815.